The van der Waals surface area contributed by atoms with Gasteiger partial charge in [0.1, 0.15) is 10.8 Å². The number of carboxylic acids is 1. The molecule has 0 saturated heterocycles. The predicted octanol–water partition coefficient (Wildman–Crippen LogP) is 5.05. The fraction of sp³-hybridized carbons (Fsp3) is 0.190. The second-order valence-electron chi connectivity index (χ2n) is 6.62. The van der Waals surface area contributed by atoms with Gasteiger partial charge in [-0.15, -0.1) is 0 Å². The van der Waals surface area contributed by atoms with Crippen LogP contribution in [0.5, 0.6) is 5.75 Å². The minimum Gasteiger partial charge on any atom is -0.493 e. The molecular formula is C21H18ClF3N4O3. The van der Waals surface area contributed by atoms with E-state index in [0.29, 0.717) is 29.9 Å². The molecule has 3 aromatic rings. The van der Waals surface area contributed by atoms with E-state index in [1.54, 1.807) is 6.20 Å². The molecule has 0 radical (unpaired) electrons. The van der Waals surface area contributed by atoms with Crippen LogP contribution in [0, 0.1) is 0 Å². The molecule has 0 unspecified atom stereocenters. The van der Waals surface area contributed by atoms with Gasteiger partial charge in [0.05, 0.1) is 12.8 Å². The predicted molar refractivity (Wildman–Crippen MR) is 113 cm³/mol. The number of nitrogens with one attached hydrogen (secondary N) is 2. The Kier molecular flexibility index (Phi) is 7.37. The van der Waals surface area contributed by atoms with Crippen LogP contribution in [-0.4, -0.2) is 33.8 Å². The van der Waals surface area contributed by atoms with Crippen LogP contribution in [0.1, 0.15) is 11.1 Å². The van der Waals surface area contributed by atoms with E-state index in [-0.39, 0.29) is 0 Å². The van der Waals surface area contributed by atoms with Gasteiger partial charge in [0.25, 0.3) is 0 Å². The van der Waals surface area contributed by atoms with Gasteiger partial charge in [0.15, 0.2) is 5.82 Å². The van der Waals surface area contributed by atoms with Gasteiger partial charge in [-0.1, -0.05) is 35.9 Å². The van der Waals surface area contributed by atoms with Gasteiger partial charge >= 0.3 is 12.1 Å². The van der Waals surface area contributed by atoms with Crippen molar-refractivity contribution in [3.63, 3.8) is 0 Å². The number of nitrogens with zero attached hydrogens (tertiary/aromatic N) is 2. The third-order valence-corrected chi connectivity index (χ3v) is 4.46. The molecule has 0 saturated carbocycles. The number of aromatic nitrogens is 2. The van der Waals surface area contributed by atoms with Crippen molar-refractivity contribution in [2.45, 2.75) is 19.1 Å². The molecule has 1 aliphatic heterocycles. The largest absolute Gasteiger partial charge is 0.493 e. The first-order valence-electron chi connectivity index (χ1n) is 9.35. The lowest BCUT2D eigenvalue weighted by atomic mass is 10.1. The van der Waals surface area contributed by atoms with Crippen molar-refractivity contribution in [2.24, 2.45) is 0 Å². The van der Waals surface area contributed by atoms with Crippen LogP contribution in [0.15, 0.2) is 54.7 Å². The maximum absolute atomic E-state index is 10.6. The molecule has 32 heavy (non-hydrogen) atoms. The molecule has 0 fully saturated rings. The average molecular weight is 467 g/mol. The molecule has 0 amide bonds. The zero-order valence-corrected chi connectivity index (χ0v) is 17.2. The molecule has 3 N–H and O–H groups in total. The first-order valence-corrected chi connectivity index (χ1v) is 9.73. The van der Waals surface area contributed by atoms with Crippen molar-refractivity contribution >= 4 is 35.0 Å². The summed E-state index contributed by atoms with van der Waals surface area (Å²) in [6, 6.07) is 16.2. The van der Waals surface area contributed by atoms with Crippen molar-refractivity contribution in [3.05, 3.63) is 70.9 Å². The maximum atomic E-state index is 10.6. The molecular weight excluding hydrogens is 449 g/mol. The lowest BCUT2D eigenvalue weighted by Crippen LogP contribution is -2.21. The van der Waals surface area contributed by atoms with Crippen LogP contribution < -0.4 is 15.4 Å². The van der Waals surface area contributed by atoms with E-state index < -0.39 is 12.1 Å². The Labute approximate surface area is 186 Å². The van der Waals surface area contributed by atoms with E-state index in [9.17, 15) is 13.2 Å². The van der Waals surface area contributed by atoms with E-state index in [1.165, 1.54) is 5.56 Å². The third-order valence-electron chi connectivity index (χ3n) is 4.19. The molecule has 7 nitrogen and oxygen atoms in total. The van der Waals surface area contributed by atoms with Gasteiger partial charge in [0, 0.05) is 18.7 Å². The molecule has 2 aromatic carbocycles. The fourth-order valence-electron chi connectivity index (χ4n) is 2.70. The maximum Gasteiger partial charge on any atom is 0.490 e. The fourth-order valence-corrected chi connectivity index (χ4v) is 2.86. The standard InChI is InChI=1S/C19H17ClN4O.C2HF3O2/c20-17-12-22-19-23-15-5-1-3-13(9-15)7-8-25-16-6-2-4-14(10-16)11-21-18(17)24-19;3-2(4,5)1(6)7/h1-6,9-10,12H,7-8,11H2,(H2,21,22,23,24);(H,6,7). The SMILES string of the molecule is Clc1cnc2nc1NCc1cccc(c1)OCCc1cccc(c1)N2.O=C(O)C(F)(F)F. The number of aliphatic carboxylic acids is 1. The molecule has 1 aromatic heterocycles. The summed E-state index contributed by atoms with van der Waals surface area (Å²) in [6.45, 7) is 1.22. The first kappa shape index (κ1) is 23.1. The van der Waals surface area contributed by atoms with Crippen molar-refractivity contribution < 1.29 is 27.8 Å². The lowest BCUT2D eigenvalue weighted by Gasteiger charge is -2.10. The number of anilines is 3. The van der Waals surface area contributed by atoms with Crippen molar-refractivity contribution in [3.8, 4) is 5.75 Å². The van der Waals surface area contributed by atoms with Crippen LogP contribution in [-0.2, 0) is 17.8 Å². The number of alkyl halides is 3. The Morgan fingerprint density at radius 3 is 2.59 bits per heavy atom. The topological polar surface area (TPSA) is 96.4 Å². The number of carboxylic acid groups (broad SMARTS) is 1. The normalized spacial score (nSPS) is 13.0. The summed E-state index contributed by atoms with van der Waals surface area (Å²) in [6.07, 6.45) is -2.66. The smallest absolute Gasteiger partial charge is 0.490 e. The molecule has 4 rings (SSSR count). The van der Waals surface area contributed by atoms with Crippen LogP contribution in [0.4, 0.5) is 30.6 Å². The quantitative estimate of drug-likeness (QED) is 0.426. The monoisotopic (exact) mass is 466 g/mol. The molecule has 0 spiro atoms. The molecule has 0 atom stereocenters. The van der Waals surface area contributed by atoms with E-state index in [2.05, 4.69) is 32.7 Å². The van der Waals surface area contributed by atoms with E-state index in [4.69, 9.17) is 26.2 Å². The van der Waals surface area contributed by atoms with Crippen LogP contribution >= 0.6 is 11.6 Å². The summed E-state index contributed by atoms with van der Waals surface area (Å²) < 4.78 is 37.6. The van der Waals surface area contributed by atoms with E-state index >= 15 is 0 Å². The Bertz CT molecular complexity index is 1100. The van der Waals surface area contributed by atoms with Crippen molar-refractivity contribution in [1.29, 1.82) is 0 Å². The summed E-state index contributed by atoms with van der Waals surface area (Å²) in [5, 5.41) is 14.1. The first-order chi connectivity index (χ1) is 15.2. The Balaban J connectivity index is 0.000000360. The molecule has 168 valence electrons. The number of hydrogen-bond acceptors (Lipinski definition) is 6. The third kappa shape index (κ3) is 6.74. The van der Waals surface area contributed by atoms with Crippen LogP contribution in [0.2, 0.25) is 5.02 Å². The van der Waals surface area contributed by atoms with Gasteiger partial charge in [-0.25, -0.2) is 9.78 Å². The second-order valence-corrected chi connectivity index (χ2v) is 7.03. The highest BCUT2D eigenvalue weighted by Crippen LogP contribution is 2.24. The summed E-state index contributed by atoms with van der Waals surface area (Å²) in [5.74, 6) is -0.800. The number of rotatable bonds is 0. The van der Waals surface area contributed by atoms with Crippen LogP contribution in [0.25, 0.3) is 0 Å². The average Bonchev–Trinajstić information content (AvgIpc) is 2.74. The highest BCUT2D eigenvalue weighted by molar-refractivity contribution is 6.32. The van der Waals surface area contributed by atoms with Gasteiger partial charge in [-0.2, -0.15) is 18.2 Å². The number of benzene rings is 2. The number of halogens is 4. The van der Waals surface area contributed by atoms with Gasteiger partial charge in [0.2, 0.25) is 5.95 Å². The Hall–Kier alpha value is -3.53. The van der Waals surface area contributed by atoms with Gasteiger partial charge in [-0.05, 0) is 35.4 Å². The number of ether oxygens (including phenoxy) is 1. The summed E-state index contributed by atoms with van der Waals surface area (Å²) in [7, 11) is 0. The molecule has 6 bridgehead atoms. The number of hydrogen-bond donors (Lipinski definition) is 3. The zero-order chi connectivity index (χ0) is 23.1. The highest BCUT2D eigenvalue weighted by atomic mass is 35.5. The summed E-state index contributed by atoms with van der Waals surface area (Å²) >= 11 is 6.22. The number of carbonyl (C=O) groups is 1. The van der Waals surface area contributed by atoms with E-state index in [1.807, 2.05) is 36.4 Å². The highest BCUT2D eigenvalue weighted by Gasteiger charge is 2.38. The van der Waals surface area contributed by atoms with Crippen molar-refractivity contribution in [1.82, 2.24) is 9.97 Å². The number of fused-ring (bicyclic) bond motifs is 6. The molecule has 0 aliphatic carbocycles. The summed E-state index contributed by atoms with van der Waals surface area (Å²) in [4.78, 5) is 17.6. The lowest BCUT2D eigenvalue weighted by molar-refractivity contribution is -0.192. The van der Waals surface area contributed by atoms with Gasteiger partial charge in [-0.3, -0.25) is 0 Å². The molecule has 1 aliphatic rings. The molecule has 11 heteroatoms. The minimum absolute atomic E-state index is 0.482. The molecule has 2 heterocycles. The Morgan fingerprint density at radius 1 is 1.12 bits per heavy atom. The zero-order valence-electron chi connectivity index (χ0n) is 16.5. The Morgan fingerprint density at radius 2 is 1.84 bits per heavy atom. The minimum atomic E-state index is -5.08. The van der Waals surface area contributed by atoms with Gasteiger partial charge < -0.3 is 20.5 Å². The van der Waals surface area contributed by atoms with E-state index in [0.717, 1.165) is 23.4 Å². The summed E-state index contributed by atoms with van der Waals surface area (Å²) in [5.41, 5.74) is 3.21. The van der Waals surface area contributed by atoms with Crippen molar-refractivity contribution in [2.75, 3.05) is 17.2 Å². The second kappa shape index (κ2) is 10.2. The van der Waals surface area contributed by atoms with Crippen LogP contribution in [0.3, 0.4) is 0 Å².